The lowest BCUT2D eigenvalue weighted by atomic mass is 10.0. The zero-order valence-electron chi connectivity index (χ0n) is 11.5. The average Bonchev–Trinajstić information content (AvgIpc) is 2.89. The second-order valence-electron chi connectivity index (χ2n) is 5.43. The summed E-state index contributed by atoms with van der Waals surface area (Å²) in [6.45, 7) is 1.87. The summed E-state index contributed by atoms with van der Waals surface area (Å²) in [5.74, 6) is 1.42. The van der Waals surface area contributed by atoms with Gasteiger partial charge in [0.1, 0.15) is 12.4 Å². The molecule has 0 bridgehead atoms. The van der Waals surface area contributed by atoms with Crippen molar-refractivity contribution in [1.82, 2.24) is 0 Å². The van der Waals surface area contributed by atoms with Gasteiger partial charge < -0.3 is 9.84 Å². The van der Waals surface area contributed by atoms with E-state index in [1.807, 2.05) is 0 Å². The van der Waals surface area contributed by atoms with E-state index in [1.165, 1.54) is 25.7 Å². The number of carbonyl (C=O) groups excluding carboxylic acids is 1. The SMILES string of the molecule is CC(=O)c1ccc(OCC(O)CC2CCCC2)cc1. The first kappa shape index (κ1) is 14.1. The standard InChI is InChI=1S/C16H22O3/c1-12(17)14-6-8-16(9-7-14)19-11-15(18)10-13-4-2-3-5-13/h6-9,13,15,18H,2-5,10-11H2,1H3. The number of hydrogen-bond acceptors (Lipinski definition) is 3. The van der Waals surface area contributed by atoms with E-state index < -0.39 is 6.10 Å². The zero-order chi connectivity index (χ0) is 13.7. The molecular weight excluding hydrogens is 240 g/mol. The normalized spacial score (nSPS) is 17.4. The van der Waals surface area contributed by atoms with Crippen LogP contribution in [-0.2, 0) is 0 Å². The molecule has 1 aromatic carbocycles. The molecule has 1 aliphatic carbocycles. The molecule has 104 valence electrons. The number of Topliss-reactive ketones (excluding diaryl/α,β-unsaturated/α-hetero) is 1. The fourth-order valence-electron chi connectivity index (χ4n) is 2.68. The second-order valence-corrected chi connectivity index (χ2v) is 5.43. The maximum Gasteiger partial charge on any atom is 0.159 e. The van der Waals surface area contributed by atoms with Crippen LogP contribution < -0.4 is 4.74 Å². The Bertz CT molecular complexity index is 405. The largest absolute Gasteiger partial charge is 0.491 e. The molecule has 0 saturated heterocycles. The Morgan fingerprint density at radius 2 is 1.95 bits per heavy atom. The van der Waals surface area contributed by atoms with Crippen molar-refractivity contribution in [3.63, 3.8) is 0 Å². The molecule has 1 atom stereocenters. The number of carbonyl (C=O) groups is 1. The van der Waals surface area contributed by atoms with E-state index in [-0.39, 0.29) is 5.78 Å². The van der Waals surface area contributed by atoms with Gasteiger partial charge in [0, 0.05) is 5.56 Å². The quantitative estimate of drug-likeness (QED) is 0.801. The molecule has 0 aromatic heterocycles. The molecule has 1 N–H and O–H groups in total. The molecule has 3 heteroatoms. The number of benzene rings is 1. The molecule has 0 heterocycles. The van der Waals surface area contributed by atoms with Crippen molar-refractivity contribution in [3.8, 4) is 5.75 Å². The summed E-state index contributed by atoms with van der Waals surface area (Å²) < 4.78 is 5.55. The van der Waals surface area contributed by atoms with E-state index in [0.29, 0.717) is 23.8 Å². The van der Waals surface area contributed by atoms with E-state index in [0.717, 1.165) is 6.42 Å². The van der Waals surface area contributed by atoms with E-state index in [1.54, 1.807) is 31.2 Å². The van der Waals surface area contributed by atoms with Gasteiger partial charge in [0.25, 0.3) is 0 Å². The Labute approximate surface area is 114 Å². The van der Waals surface area contributed by atoms with Gasteiger partial charge in [0.05, 0.1) is 6.10 Å². The molecule has 2 rings (SSSR count). The Hall–Kier alpha value is -1.35. The third kappa shape index (κ3) is 4.35. The van der Waals surface area contributed by atoms with Crippen molar-refractivity contribution in [3.05, 3.63) is 29.8 Å². The van der Waals surface area contributed by atoms with Crippen LogP contribution in [0.5, 0.6) is 5.75 Å². The first-order valence-corrected chi connectivity index (χ1v) is 7.07. The first-order chi connectivity index (χ1) is 9.15. The Kier molecular flexibility index (Phi) is 4.97. The predicted molar refractivity (Wildman–Crippen MR) is 74.5 cm³/mol. The summed E-state index contributed by atoms with van der Waals surface area (Å²) >= 11 is 0. The van der Waals surface area contributed by atoms with Crippen LogP contribution in [0.25, 0.3) is 0 Å². The second kappa shape index (κ2) is 6.71. The smallest absolute Gasteiger partial charge is 0.159 e. The summed E-state index contributed by atoms with van der Waals surface area (Å²) in [6, 6.07) is 7.06. The van der Waals surface area contributed by atoms with Crippen molar-refractivity contribution in [2.75, 3.05) is 6.61 Å². The summed E-state index contributed by atoms with van der Waals surface area (Å²) in [5.41, 5.74) is 0.679. The minimum absolute atomic E-state index is 0.0489. The molecule has 0 aliphatic heterocycles. The maximum atomic E-state index is 11.1. The molecular formula is C16H22O3. The van der Waals surface area contributed by atoms with Crippen molar-refractivity contribution in [1.29, 1.82) is 0 Å². The predicted octanol–water partition coefficient (Wildman–Crippen LogP) is 3.21. The summed E-state index contributed by atoms with van der Waals surface area (Å²) in [4.78, 5) is 11.1. The Morgan fingerprint density at radius 1 is 1.32 bits per heavy atom. The lowest BCUT2D eigenvalue weighted by Crippen LogP contribution is -2.20. The molecule has 0 radical (unpaired) electrons. The first-order valence-electron chi connectivity index (χ1n) is 7.07. The lowest BCUT2D eigenvalue weighted by Gasteiger charge is -2.16. The third-order valence-electron chi connectivity index (χ3n) is 3.78. The van der Waals surface area contributed by atoms with E-state index >= 15 is 0 Å². The van der Waals surface area contributed by atoms with E-state index in [2.05, 4.69) is 0 Å². The van der Waals surface area contributed by atoms with Gasteiger partial charge in [-0.2, -0.15) is 0 Å². The average molecular weight is 262 g/mol. The van der Waals surface area contributed by atoms with Crippen LogP contribution >= 0.6 is 0 Å². The molecule has 3 nitrogen and oxygen atoms in total. The summed E-state index contributed by atoms with van der Waals surface area (Å²) in [5, 5.41) is 9.93. The minimum Gasteiger partial charge on any atom is -0.491 e. The van der Waals surface area contributed by atoms with Crippen molar-refractivity contribution >= 4 is 5.78 Å². The van der Waals surface area contributed by atoms with Gasteiger partial charge in [0.2, 0.25) is 0 Å². The number of aliphatic hydroxyl groups excluding tert-OH is 1. The van der Waals surface area contributed by atoms with Gasteiger partial charge in [0.15, 0.2) is 5.78 Å². The third-order valence-corrected chi connectivity index (χ3v) is 3.78. The van der Waals surface area contributed by atoms with Gasteiger partial charge in [-0.3, -0.25) is 4.79 Å². The number of hydrogen-bond donors (Lipinski definition) is 1. The van der Waals surface area contributed by atoms with Gasteiger partial charge >= 0.3 is 0 Å². The molecule has 1 saturated carbocycles. The number of rotatable bonds is 6. The van der Waals surface area contributed by atoms with Crippen molar-refractivity contribution in [2.45, 2.75) is 45.1 Å². The van der Waals surface area contributed by atoms with E-state index in [9.17, 15) is 9.90 Å². The highest BCUT2D eigenvalue weighted by molar-refractivity contribution is 5.94. The van der Waals surface area contributed by atoms with Crippen LogP contribution in [0, 0.1) is 5.92 Å². The summed E-state index contributed by atoms with van der Waals surface area (Å²) in [7, 11) is 0. The monoisotopic (exact) mass is 262 g/mol. The molecule has 1 aliphatic rings. The number of aliphatic hydroxyl groups is 1. The zero-order valence-corrected chi connectivity index (χ0v) is 11.5. The lowest BCUT2D eigenvalue weighted by molar-refractivity contribution is 0.0855. The molecule has 1 unspecified atom stereocenters. The number of ketones is 1. The van der Waals surface area contributed by atoms with Gasteiger partial charge in [-0.1, -0.05) is 25.7 Å². The van der Waals surface area contributed by atoms with Crippen LogP contribution in [-0.4, -0.2) is 23.6 Å². The van der Waals surface area contributed by atoms with Crippen LogP contribution in [0.1, 0.15) is 49.4 Å². The van der Waals surface area contributed by atoms with Crippen LogP contribution in [0.4, 0.5) is 0 Å². The number of ether oxygens (including phenoxy) is 1. The highest BCUT2D eigenvalue weighted by atomic mass is 16.5. The van der Waals surface area contributed by atoms with Crippen LogP contribution in [0.15, 0.2) is 24.3 Å². The Morgan fingerprint density at radius 3 is 2.53 bits per heavy atom. The van der Waals surface area contributed by atoms with Gasteiger partial charge in [-0.05, 0) is 43.5 Å². The molecule has 1 fully saturated rings. The highest BCUT2D eigenvalue weighted by Crippen LogP contribution is 2.28. The minimum atomic E-state index is -0.393. The van der Waals surface area contributed by atoms with Crippen molar-refractivity contribution in [2.24, 2.45) is 5.92 Å². The fraction of sp³-hybridized carbons (Fsp3) is 0.562. The van der Waals surface area contributed by atoms with Gasteiger partial charge in [-0.15, -0.1) is 0 Å². The topological polar surface area (TPSA) is 46.5 Å². The summed E-state index contributed by atoms with van der Waals surface area (Å²) in [6.07, 6.45) is 5.52. The highest BCUT2D eigenvalue weighted by Gasteiger charge is 2.19. The fourth-order valence-corrected chi connectivity index (χ4v) is 2.68. The molecule has 0 amide bonds. The molecule has 1 aromatic rings. The van der Waals surface area contributed by atoms with Crippen LogP contribution in [0.3, 0.4) is 0 Å². The van der Waals surface area contributed by atoms with Gasteiger partial charge in [-0.25, -0.2) is 0 Å². The van der Waals surface area contributed by atoms with Crippen molar-refractivity contribution < 1.29 is 14.6 Å². The molecule has 0 spiro atoms. The maximum absolute atomic E-state index is 11.1. The Balaban J connectivity index is 1.76. The van der Waals surface area contributed by atoms with Crippen LogP contribution in [0.2, 0.25) is 0 Å². The van der Waals surface area contributed by atoms with E-state index in [4.69, 9.17) is 4.74 Å². The molecule has 19 heavy (non-hydrogen) atoms.